The topological polar surface area (TPSA) is 90.3 Å². The molecule has 0 radical (unpaired) electrons. The van der Waals surface area contributed by atoms with Crippen LogP contribution < -0.4 is 4.74 Å². The van der Waals surface area contributed by atoms with Gasteiger partial charge in [0.2, 0.25) is 5.88 Å². The van der Waals surface area contributed by atoms with Crippen LogP contribution in [0.25, 0.3) is 33.3 Å². The number of halogens is 3. The smallest absolute Gasteiger partial charge is 0.421 e. The number of fused-ring (bicyclic) bond motifs is 1. The Morgan fingerprint density at radius 3 is 2.58 bits per heavy atom. The fraction of sp³-hybridized carbons (Fsp3) is 0.296. The van der Waals surface area contributed by atoms with E-state index in [4.69, 9.17) is 9.47 Å². The lowest BCUT2D eigenvalue weighted by atomic mass is 10.00. The van der Waals surface area contributed by atoms with Crippen molar-refractivity contribution in [3.8, 4) is 28.3 Å². The number of methoxy groups -OCH3 is 1. The Morgan fingerprint density at radius 2 is 1.84 bits per heavy atom. The summed E-state index contributed by atoms with van der Waals surface area (Å²) in [5, 5.41) is 0.591. The molecular weight excluding hydrogens is 499 g/mol. The summed E-state index contributed by atoms with van der Waals surface area (Å²) in [6, 6.07) is 7.78. The average Bonchev–Trinajstić information content (AvgIpc) is 2.90. The van der Waals surface area contributed by atoms with Crippen molar-refractivity contribution in [3.05, 3.63) is 66.4 Å². The van der Waals surface area contributed by atoms with E-state index < -0.39 is 23.2 Å². The summed E-state index contributed by atoms with van der Waals surface area (Å²) in [4.78, 5) is 31.8. The Labute approximate surface area is 216 Å². The van der Waals surface area contributed by atoms with Crippen LogP contribution in [0.4, 0.5) is 13.2 Å². The molecule has 0 atom stereocenters. The highest BCUT2D eigenvalue weighted by Gasteiger charge is 2.35. The summed E-state index contributed by atoms with van der Waals surface area (Å²) in [5.74, 6) is -0.666. The van der Waals surface area contributed by atoms with E-state index >= 15 is 0 Å². The predicted molar refractivity (Wildman–Crippen MR) is 133 cm³/mol. The predicted octanol–water partition coefficient (Wildman–Crippen LogP) is 5.03. The van der Waals surface area contributed by atoms with Crippen LogP contribution in [0.3, 0.4) is 0 Å². The second-order valence-electron chi connectivity index (χ2n) is 9.53. The van der Waals surface area contributed by atoms with Crippen molar-refractivity contribution in [1.82, 2.24) is 24.8 Å². The number of benzene rings is 1. The molecule has 0 unspecified atom stereocenters. The molecule has 0 saturated carbocycles. The molecule has 1 aliphatic heterocycles. The Bertz CT molecular complexity index is 1520. The van der Waals surface area contributed by atoms with Crippen molar-refractivity contribution in [3.63, 3.8) is 0 Å². The van der Waals surface area contributed by atoms with Gasteiger partial charge >= 0.3 is 6.18 Å². The first-order chi connectivity index (χ1) is 18.1. The quantitative estimate of drug-likeness (QED) is 0.371. The maximum Gasteiger partial charge on any atom is 0.421 e. The van der Waals surface area contributed by atoms with Gasteiger partial charge in [-0.25, -0.2) is 15.0 Å². The van der Waals surface area contributed by atoms with Gasteiger partial charge in [-0.1, -0.05) is 6.07 Å². The van der Waals surface area contributed by atoms with Crippen LogP contribution in [0.15, 0.2) is 55.2 Å². The zero-order valence-corrected chi connectivity index (χ0v) is 20.9. The molecule has 1 aromatic carbocycles. The molecule has 0 aliphatic carbocycles. The molecule has 0 spiro atoms. The van der Waals surface area contributed by atoms with Crippen LogP contribution in [0.5, 0.6) is 5.88 Å². The molecule has 1 amide bonds. The van der Waals surface area contributed by atoms with Gasteiger partial charge in [-0.15, -0.1) is 0 Å². The van der Waals surface area contributed by atoms with Gasteiger partial charge < -0.3 is 14.4 Å². The van der Waals surface area contributed by atoms with Gasteiger partial charge in [0.1, 0.15) is 11.9 Å². The number of hydrogen-bond acceptors (Lipinski definition) is 7. The molecule has 38 heavy (non-hydrogen) atoms. The van der Waals surface area contributed by atoms with Gasteiger partial charge in [-0.3, -0.25) is 9.78 Å². The Hall–Kier alpha value is -4.12. The minimum absolute atomic E-state index is 0.168. The van der Waals surface area contributed by atoms with Gasteiger partial charge in [0.25, 0.3) is 5.91 Å². The molecule has 1 fully saturated rings. The normalized spacial score (nSPS) is 15.5. The molecule has 0 bridgehead atoms. The van der Waals surface area contributed by atoms with Crippen molar-refractivity contribution < 1.29 is 27.4 Å². The van der Waals surface area contributed by atoms with Crippen LogP contribution in [0, 0.1) is 0 Å². The lowest BCUT2D eigenvalue weighted by molar-refractivity contribution is -0.139. The number of amides is 1. The highest BCUT2D eigenvalue weighted by Crippen LogP contribution is 2.38. The summed E-state index contributed by atoms with van der Waals surface area (Å²) >= 11 is 0. The van der Waals surface area contributed by atoms with E-state index in [0.717, 1.165) is 13.2 Å². The number of morpholine rings is 1. The van der Waals surface area contributed by atoms with Crippen LogP contribution in [-0.4, -0.2) is 63.2 Å². The van der Waals surface area contributed by atoms with Gasteiger partial charge in [-0.05, 0) is 43.7 Å². The maximum atomic E-state index is 13.6. The van der Waals surface area contributed by atoms with Gasteiger partial charge in [-0.2, -0.15) is 13.2 Å². The molecule has 1 aliphatic rings. The van der Waals surface area contributed by atoms with E-state index in [2.05, 4.69) is 19.9 Å². The maximum absolute atomic E-state index is 13.6. The Morgan fingerprint density at radius 1 is 1.03 bits per heavy atom. The number of aromatic nitrogens is 4. The van der Waals surface area contributed by atoms with E-state index in [9.17, 15) is 18.0 Å². The molecule has 5 rings (SSSR count). The molecule has 8 nitrogen and oxygen atoms in total. The number of carbonyl (C=O) groups is 1. The second kappa shape index (κ2) is 9.64. The molecule has 0 N–H and O–H groups in total. The molecule has 4 aromatic rings. The standard InChI is InChI=1S/C27H24F3N5O3/c1-26(2)14-35(6-7-38-26)25(36)19-8-18(11-31-12-19)23-20-9-16(4-5-22(20)33-15-34-23)17-10-21(27(28,29)30)24(37-3)32-13-17/h4-5,8-13,15H,6-7,14H2,1-3H3. The highest BCUT2D eigenvalue weighted by molar-refractivity contribution is 5.98. The van der Waals surface area contributed by atoms with Crippen molar-refractivity contribution in [1.29, 1.82) is 0 Å². The van der Waals surface area contributed by atoms with E-state index in [-0.39, 0.29) is 11.5 Å². The molecular formula is C27H24F3N5O3. The van der Waals surface area contributed by atoms with Crippen LogP contribution in [0.1, 0.15) is 29.8 Å². The molecule has 4 heterocycles. The number of ether oxygens (including phenoxy) is 2. The summed E-state index contributed by atoms with van der Waals surface area (Å²) in [6.07, 6.45) is 1.18. The van der Waals surface area contributed by atoms with Gasteiger partial charge in [0.15, 0.2) is 0 Å². The third kappa shape index (κ3) is 5.01. The second-order valence-corrected chi connectivity index (χ2v) is 9.53. The summed E-state index contributed by atoms with van der Waals surface area (Å²) < 4.78 is 51.2. The van der Waals surface area contributed by atoms with Gasteiger partial charge in [0.05, 0.1) is 36.1 Å². The molecule has 3 aromatic heterocycles. The number of rotatable bonds is 4. The molecule has 196 valence electrons. The number of pyridine rings is 2. The average molecular weight is 524 g/mol. The fourth-order valence-corrected chi connectivity index (χ4v) is 4.50. The SMILES string of the molecule is COc1ncc(-c2ccc3ncnc(-c4cncc(C(=O)N5CCOC(C)(C)C5)c4)c3c2)cc1C(F)(F)F. The molecule has 11 heteroatoms. The fourth-order valence-electron chi connectivity index (χ4n) is 4.50. The first kappa shape index (κ1) is 25.5. The Kier molecular flexibility index (Phi) is 6.47. The van der Waals surface area contributed by atoms with Gasteiger partial charge in [0, 0.05) is 48.2 Å². The third-order valence-corrected chi connectivity index (χ3v) is 6.29. The number of alkyl halides is 3. The van der Waals surface area contributed by atoms with E-state index in [1.807, 2.05) is 13.8 Å². The lowest BCUT2D eigenvalue weighted by Crippen LogP contribution is -2.50. The molecule has 1 saturated heterocycles. The van der Waals surface area contributed by atoms with Crippen molar-refractivity contribution >= 4 is 16.8 Å². The van der Waals surface area contributed by atoms with Crippen LogP contribution >= 0.6 is 0 Å². The number of carbonyl (C=O) groups excluding carboxylic acids is 1. The minimum Gasteiger partial charge on any atom is -0.481 e. The highest BCUT2D eigenvalue weighted by atomic mass is 19.4. The third-order valence-electron chi connectivity index (χ3n) is 6.29. The zero-order chi connectivity index (χ0) is 27.1. The summed E-state index contributed by atoms with van der Waals surface area (Å²) in [7, 11) is 1.14. The first-order valence-electron chi connectivity index (χ1n) is 11.8. The summed E-state index contributed by atoms with van der Waals surface area (Å²) in [5.41, 5.74) is 1.40. The zero-order valence-electron chi connectivity index (χ0n) is 20.9. The Balaban J connectivity index is 1.55. The number of nitrogens with zero attached hydrogens (tertiary/aromatic N) is 5. The lowest BCUT2D eigenvalue weighted by Gasteiger charge is -2.38. The van der Waals surface area contributed by atoms with E-state index in [1.54, 1.807) is 35.4 Å². The van der Waals surface area contributed by atoms with Crippen LogP contribution in [-0.2, 0) is 10.9 Å². The van der Waals surface area contributed by atoms with Crippen molar-refractivity contribution in [2.24, 2.45) is 0 Å². The largest absolute Gasteiger partial charge is 0.481 e. The minimum atomic E-state index is -4.63. The van der Waals surface area contributed by atoms with E-state index in [0.29, 0.717) is 53.0 Å². The van der Waals surface area contributed by atoms with E-state index in [1.165, 1.54) is 18.7 Å². The monoisotopic (exact) mass is 523 g/mol. The van der Waals surface area contributed by atoms with Crippen molar-refractivity contribution in [2.75, 3.05) is 26.8 Å². The first-order valence-corrected chi connectivity index (χ1v) is 11.8. The summed E-state index contributed by atoms with van der Waals surface area (Å²) in [6.45, 7) is 5.23. The van der Waals surface area contributed by atoms with Crippen molar-refractivity contribution in [2.45, 2.75) is 25.6 Å². The number of hydrogen-bond donors (Lipinski definition) is 0. The van der Waals surface area contributed by atoms with Crippen LogP contribution in [0.2, 0.25) is 0 Å².